The molecule has 0 atom stereocenters. The molecule has 0 aliphatic heterocycles. The van der Waals surface area contributed by atoms with Crippen LogP contribution in [0.2, 0.25) is 0 Å². The second-order valence-corrected chi connectivity index (χ2v) is 15.5. The van der Waals surface area contributed by atoms with Gasteiger partial charge in [0, 0.05) is 0 Å². The Morgan fingerprint density at radius 1 is 0.325 bits per heavy atom. The van der Waals surface area contributed by atoms with Crippen LogP contribution < -0.4 is 0 Å². The maximum absolute atomic E-state index is 10.3. The van der Waals surface area contributed by atoms with Gasteiger partial charge in [0.05, 0.1) is 0 Å². The normalized spacial score (nSPS) is 13.5. The SMILES string of the molecule is CCCCCCCCCCCCCCCCC=CP(O)(O)(O)C=CCCCCCCCCCCCCCCCC. The second-order valence-electron chi connectivity index (χ2n) is 12.6. The standard InChI is InChI=1S/C36H73O3P/c1-3-5-7-9-11-13-15-17-19-21-23-25-27-29-31-33-35-40(37,38,39)36-34-32-30-28-26-24-22-20-18-16-14-12-10-8-6-4-2/h33-39H,3-32H2,1-2H3. The van der Waals surface area contributed by atoms with Crippen LogP contribution in [0, 0.1) is 0 Å². The third-order valence-electron chi connectivity index (χ3n) is 8.23. The Balaban J connectivity index is 3.56. The zero-order valence-corrected chi connectivity index (χ0v) is 28.2. The first-order valence-electron chi connectivity index (χ1n) is 18.0. The minimum atomic E-state index is -4.75. The fraction of sp³-hybridized carbons (Fsp3) is 0.889. The van der Waals surface area contributed by atoms with E-state index in [1.807, 2.05) is 0 Å². The molecule has 0 rings (SSSR count). The minimum Gasteiger partial charge on any atom is -0.0654 e. The van der Waals surface area contributed by atoms with E-state index < -0.39 is 7.28 Å². The molecule has 0 aliphatic rings. The molecule has 3 nitrogen and oxygen atoms in total. The third kappa shape index (κ3) is 32.3. The van der Waals surface area contributed by atoms with Crippen LogP contribution in [0.25, 0.3) is 0 Å². The van der Waals surface area contributed by atoms with E-state index in [1.165, 1.54) is 179 Å². The number of hydrogen-bond acceptors (Lipinski definition) is 3. The van der Waals surface area contributed by atoms with E-state index in [9.17, 15) is 14.7 Å². The Kier molecular flexibility index (Phi) is 28.7. The van der Waals surface area contributed by atoms with Gasteiger partial charge >= 0.3 is 174 Å². The molecule has 240 valence electrons. The Hall–Kier alpha value is -0.210. The van der Waals surface area contributed by atoms with Gasteiger partial charge in [-0.1, -0.05) is 78.1 Å². The predicted molar refractivity (Wildman–Crippen MR) is 182 cm³/mol. The van der Waals surface area contributed by atoms with E-state index in [0.717, 1.165) is 25.7 Å². The summed E-state index contributed by atoms with van der Waals surface area (Å²) in [6.07, 6.45) is 42.5. The van der Waals surface area contributed by atoms with E-state index in [2.05, 4.69) is 13.8 Å². The van der Waals surface area contributed by atoms with Gasteiger partial charge in [-0.25, -0.2) is 0 Å². The molecule has 3 N–H and O–H groups in total. The summed E-state index contributed by atoms with van der Waals surface area (Å²) in [5, 5.41) is 0. The van der Waals surface area contributed by atoms with E-state index in [1.54, 1.807) is 12.2 Å². The van der Waals surface area contributed by atoms with Crippen LogP contribution in [0.15, 0.2) is 23.8 Å². The van der Waals surface area contributed by atoms with Gasteiger partial charge in [-0.05, 0) is 0 Å². The third-order valence-corrected chi connectivity index (χ3v) is 9.80. The van der Waals surface area contributed by atoms with Crippen molar-refractivity contribution in [2.75, 3.05) is 0 Å². The first-order valence-corrected chi connectivity index (χ1v) is 20.2. The van der Waals surface area contributed by atoms with Crippen LogP contribution in [-0.4, -0.2) is 14.7 Å². The summed E-state index contributed by atoms with van der Waals surface area (Å²) < 4.78 is 0. The van der Waals surface area contributed by atoms with Crippen LogP contribution in [0.5, 0.6) is 0 Å². The van der Waals surface area contributed by atoms with Crippen LogP contribution in [0.1, 0.15) is 206 Å². The molecule has 0 saturated carbocycles. The van der Waals surface area contributed by atoms with Gasteiger partial charge in [-0.15, -0.1) is 0 Å². The van der Waals surface area contributed by atoms with Crippen molar-refractivity contribution in [3.63, 3.8) is 0 Å². The van der Waals surface area contributed by atoms with E-state index in [4.69, 9.17) is 0 Å². The second kappa shape index (κ2) is 28.9. The molecule has 0 aromatic rings. The van der Waals surface area contributed by atoms with Crippen molar-refractivity contribution in [1.82, 2.24) is 0 Å². The Bertz CT molecular complexity index is 518. The van der Waals surface area contributed by atoms with Gasteiger partial charge in [-0.2, -0.15) is 0 Å². The van der Waals surface area contributed by atoms with Crippen molar-refractivity contribution in [2.45, 2.75) is 206 Å². The van der Waals surface area contributed by atoms with Gasteiger partial charge in [0.25, 0.3) is 0 Å². The van der Waals surface area contributed by atoms with Crippen LogP contribution in [-0.2, 0) is 0 Å². The Labute approximate surface area is 251 Å². The molecule has 0 heterocycles. The predicted octanol–water partition coefficient (Wildman–Crippen LogP) is 13.0. The molecule has 0 unspecified atom stereocenters. The van der Waals surface area contributed by atoms with Gasteiger partial charge in [0.1, 0.15) is 0 Å². The fourth-order valence-electron chi connectivity index (χ4n) is 5.52. The van der Waals surface area contributed by atoms with Crippen LogP contribution in [0.3, 0.4) is 0 Å². The number of rotatable bonds is 32. The van der Waals surface area contributed by atoms with Crippen LogP contribution in [0.4, 0.5) is 0 Å². The number of hydrogen-bond donors (Lipinski definition) is 3. The zero-order valence-electron chi connectivity index (χ0n) is 27.3. The van der Waals surface area contributed by atoms with Crippen molar-refractivity contribution in [3.8, 4) is 0 Å². The van der Waals surface area contributed by atoms with Crippen molar-refractivity contribution in [3.05, 3.63) is 23.8 Å². The van der Waals surface area contributed by atoms with E-state index >= 15 is 0 Å². The molecule has 0 spiro atoms. The molecule has 0 saturated heterocycles. The average Bonchev–Trinajstić information content (AvgIpc) is 2.92. The van der Waals surface area contributed by atoms with Crippen molar-refractivity contribution >= 4 is 7.28 Å². The average molecular weight is 585 g/mol. The Morgan fingerprint density at radius 3 is 0.750 bits per heavy atom. The van der Waals surface area contributed by atoms with Crippen LogP contribution >= 0.6 is 7.28 Å². The number of allylic oxidation sites excluding steroid dienone is 2. The minimum absolute atomic E-state index is 0.796. The summed E-state index contributed by atoms with van der Waals surface area (Å²) in [5.41, 5.74) is 0. The summed E-state index contributed by atoms with van der Waals surface area (Å²) in [5.74, 6) is 2.52. The summed E-state index contributed by atoms with van der Waals surface area (Å²) >= 11 is 0. The smallest absolute Gasteiger partial charge is 0.0654 e. The molecule has 40 heavy (non-hydrogen) atoms. The van der Waals surface area contributed by atoms with Gasteiger partial charge < -0.3 is 0 Å². The molecule has 0 radical (unpaired) electrons. The molecule has 0 fully saturated rings. The van der Waals surface area contributed by atoms with Crippen molar-refractivity contribution in [2.24, 2.45) is 0 Å². The molecule has 0 aromatic heterocycles. The molecule has 4 heteroatoms. The molecule has 0 aliphatic carbocycles. The summed E-state index contributed by atoms with van der Waals surface area (Å²) in [7, 11) is -4.75. The summed E-state index contributed by atoms with van der Waals surface area (Å²) in [4.78, 5) is 30.8. The monoisotopic (exact) mass is 585 g/mol. The van der Waals surface area contributed by atoms with Crippen molar-refractivity contribution in [1.29, 1.82) is 0 Å². The van der Waals surface area contributed by atoms with E-state index in [0.29, 0.717) is 0 Å². The summed E-state index contributed by atoms with van der Waals surface area (Å²) in [6, 6.07) is 0. The Morgan fingerprint density at radius 2 is 0.525 bits per heavy atom. The molecule has 0 bridgehead atoms. The first kappa shape index (κ1) is 39.8. The molecular weight excluding hydrogens is 511 g/mol. The van der Waals surface area contributed by atoms with E-state index in [-0.39, 0.29) is 0 Å². The van der Waals surface area contributed by atoms with Gasteiger partial charge in [-0.3, -0.25) is 0 Å². The van der Waals surface area contributed by atoms with Gasteiger partial charge in [0.15, 0.2) is 0 Å². The van der Waals surface area contributed by atoms with Gasteiger partial charge in [0.2, 0.25) is 0 Å². The maximum atomic E-state index is 10.3. The first-order chi connectivity index (χ1) is 19.4. The number of unbranched alkanes of at least 4 members (excludes halogenated alkanes) is 28. The van der Waals surface area contributed by atoms with Crippen molar-refractivity contribution < 1.29 is 14.7 Å². The molecule has 0 amide bonds. The summed E-state index contributed by atoms with van der Waals surface area (Å²) in [6.45, 7) is 4.55. The zero-order chi connectivity index (χ0) is 29.5. The topological polar surface area (TPSA) is 60.7 Å². The molecule has 0 aromatic carbocycles. The molecular formula is C36H73O3P. The fourth-order valence-corrected chi connectivity index (χ4v) is 6.72. The quantitative estimate of drug-likeness (QED) is 0.0544.